The van der Waals surface area contributed by atoms with E-state index in [-0.39, 0.29) is 10.8 Å². The fourth-order valence-electron chi connectivity index (χ4n) is 10.8. The summed E-state index contributed by atoms with van der Waals surface area (Å²) in [5, 5.41) is 4.94. The highest BCUT2D eigenvalue weighted by Gasteiger charge is 2.42. The number of nitrogens with zero attached hydrogens (tertiary/aromatic N) is 2. The molecule has 2 aliphatic carbocycles. The fourth-order valence-corrected chi connectivity index (χ4v) is 10.8. The van der Waals surface area contributed by atoms with Crippen LogP contribution in [0.1, 0.15) is 48.6 Å². The Hall–Kier alpha value is -7.42. The van der Waals surface area contributed by atoms with Gasteiger partial charge in [-0.3, -0.25) is 0 Å². The highest BCUT2D eigenvalue weighted by atomic mass is 14.9. The van der Waals surface area contributed by atoms with Gasteiger partial charge in [-0.2, -0.15) is 0 Å². The van der Waals surface area contributed by atoms with Crippen LogP contribution in [-0.2, 0) is 10.8 Å². The average molecular weight is 779 g/mol. The first-order chi connectivity index (χ1) is 29.9. The molecule has 0 N–H and O–H groups in total. The third-order valence-corrected chi connectivity index (χ3v) is 13.8. The van der Waals surface area contributed by atoms with Crippen LogP contribution >= 0.6 is 0 Å². The quantitative estimate of drug-likeness (QED) is 0.174. The summed E-state index contributed by atoms with van der Waals surface area (Å²) in [6, 6.07) is 73.1. The van der Waals surface area contributed by atoms with E-state index >= 15 is 0 Å². The Kier molecular flexibility index (Phi) is 7.74. The van der Waals surface area contributed by atoms with Gasteiger partial charge in [-0.1, -0.05) is 208 Å². The molecule has 0 bridgehead atoms. The topological polar surface area (TPSA) is 25.8 Å². The highest BCUT2D eigenvalue weighted by molar-refractivity contribution is 6.11. The Morgan fingerprint density at radius 1 is 0.344 bits per heavy atom. The Labute approximate surface area is 356 Å². The Bertz CT molecular complexity index is 3400. The molecule has 2 aliphatic rings. The van der Waals surface area contributed by atoms with Crippen molar-refractivity contribution in [1.29, 1.82) is 0 Å². The lowest BCUT2D eigenvalue weighted by atomic mass is 9.74. The molecule has 2 heteroatoms. The minimum atomic E-state index is -0.313. The first-order valence-corrected chi connectivity index (χ1v) is 21.3. The van der Waals surface area contributed by atoms with Gasteiger partial charge in [0.05, 0.1) is 11.4 Å². The van der Waals surface area contributed by atoms with E-state index in [9.17, 15) is 0 Å². The predicted octanol–water partition coefficient (Wildman–Crippen LogP) is 15.1. The van der Waals surface area contributed by atoms with E-state index in [1.54, 1.807) is 0 Å². The molecular formula is C59H42N2. The molecule has 0 radical (unpaired) electrons. The van der Waals surface area contributed by atoms with Crippen LogP contribution in [-0.4, -0.2) is 9.97 Å². The molecule has 0 aliphatic heterocycles. The second kappa shape index (κ2) is 13.3. The van der Waals surface area contributed by atoms with Gasteiger partial charge in [0.15, 0.2) is 5.82 Å². The van der Waals surface area contributed by atoms with Crippen LogP contribution in [0.5, 0.6) is 0 Å². The molecule has 0 saturated heterocycles. The molecule has 1 unspecified atom stereocenters. The minimum Gasteiger partial charge on any atom is -0.228 e. The number of hydrogen-bond donors (Lipinski definition) is 0. The molecule has 0 spiro atoms. The third kappa shape index (κ3) is 5.15. The van der Waals surface area contributed by atoms with Crippen molar-refractivity contribution in [3.05, 3.63) is 228 Å². The summed E-state index contributed by atoms with van der Waals surface area (Å²) in [6.07, 6.45) is 0. The van der Waals surface area contributed by atoms with Gasteiger partial charge in [-0.05, 0) is 95.7 Å². The molecule has 0 fully saturated rings. The molecule has 1 heterocycles. The van der Waals surface area contributed by atoms with Crippen molar-refractivity contribution in [2.75, 3.05) is 0 Å². The summed E-state index contributed by atoms with van der Waals surface area (Å²) in [7, 11) is 0. The average Bonchev–Trinajstić information content (AvgIpc) is 3.73. The van der Waals surface area contributed by atoms with E-state index in [2.05, 4.69) is 221 Å². The number of benzene rings is 9. The van der Waals surface area contributed by atoms with Crippen molar-refractivity contribution in [1.82, 2.24) is 9.97 Å². The van der Waals surface area contributed by atoms with Crippen LogP contribution in [0.3, 0.4) is 0 Å². The van der Waals surface area contributed by atoms with Crippen molar-refractivity contribution in [3.63, 3.8) is 0 Å². The summed E-state index contributed by atoms with van der Waals surface area (Å²) in [6.45, 7) is 7.12. The van der Waals surface area contributed by atoms with Crippen molar-refractivity contribution in [2.24, 2.45) is 0 Å². The maximum atomic E-state index is 5.40. The van der Waals surface area contributed by atoms with E-state index in [1.807, 2.05) is 0 Å². The van der Waals surface area contributed by atoms with Gasteiger partial charge in [0.2, 0.25) is 0 Å². The molecule has 1 aromatic heterocycles. The summed E-state index contributed by atoms with van der Waals surface area (Å²) in [4.78, 5) is 10.8. The standard InChI is InChI=1S/C59H42N2/c1-58(2)49-30-16-27-45(56(49)55-40-23-11-10-18-37(40)32-35-50(55)58)43-33-34-44(42-25-13-12-24-41(42)43)52-36-53(61-57(60-52)38-19-6-4-7-20-38)47-28-17-31-51-54(47)46-26-14-15-29-48(46)59(51,3)39-21-8-5-9-22-39/h4-36H,1-3H3. The van der Waals surface area contributed by atoms with Crippen LogP contribution in [0.25, 0.3) is 88.8 Å². The summed E-state index contributed by atoms with van der Waals surface area (Å²) < 4.78 is 0. The van der Waals surface area contributed by atoms with Gasteiger partial charge in [-0.25, -0.2) is 9.97 Å². The molecule has 9 aromatic carbocycles. The third-order valence-electron chi connectivity index (χ3n) is 13.8. The SMILES string of the molecule is CC1(C)c2cccc(-c3ccc(-c4cc(-c5cccc6c5-c5ccccc5C6(C)c5ccccc5)nc(-c5ccccc5)n4)c4ccccc34)c2-c2c1ccc1ccccc21. The lowest BCUT2D eigenvalue weighted by Crippen LogP contribution is -2.22. The number of aromatic nitrogens is 2. The zero-order valence-corrected chi connectivity index (χ0v) is 34.4. The molecule has 0 amide bonds. The van der Waals surface area contributed by atoms with Crippen LogP contribution in [0, 0.1) is 0 Å². The predicted molar refractivity (Wildman–Crippen MR) is 254 cm³/mol. The van der Waals surface area contributed by atoms with Crippen LogP contribution in [0.15, 0.2) is 200 Å². The van der Waals surface area contributed by atoms with Gasteiger partial charge in [0.25, 0.3) is 0 Å². The zero-order chi connectivity index (χ0) is 40.9. The largest absolute Gasteiger partial charge is 0.228 e. The van der Waals surface area contributed by atoms with Crippen LogP contribution in [0.4, 0.5) is 0 Å². The lowest BCUT2D eigenvalue weighted by molar-refractivity contribution is 0.661. The fraction of sp³-hybridized carbons (Fsp3) is 0.0847. The van der Waals surface area contributed by atoms with E-state index in [0.29, 0.717) is 5.82 Å². The molecule has 288 valence electrons. The van der Waals surface area contributed by atoms with E-state index in [1.165, 1.54) is 77.4 Å². The monoisotopic (exact) mass is 778 g/mol. The van der Waals surface area contributed by atoms with Gasteiger partial charge < -0.3 is 0 Å². The first-order valence-electron chi connectivity index (χ1n) is 21.3. The molecule has 12 rings (SSSR count). The molecular weight excluding hydrogens is 737 g/mol. The van der Waals surface area contributed by atoms with E-state index in [4.69, 9.17) is 9.97 Å². The van der Waals surface area contributed by atoms with Crippen molar-refractivity contribution >= 4 is 21.5 Å². The maximum absolute atomic E-state index is 5.40. The molecule has 0 saturated carbocycles. The summed E-state index contributed by atoms with van der Waals surface area (Å²) in [5.74, 6) is 0.711. The molecule has 1 atom stereocenters. The van der Waals surface area contributed by atoms with Gasteiger partial charge in [-0.15, -0.1) is 0 Å². The first kappa shape index (κ1) is 35.5. The normalized spacial score (nSPS) is 15.7. The summed E-state index contributed by atoms with van der Waals surface area (Å²) in [5.41, 5.74) is 18.9. The van der Waals surface area contributed by atoms with E-state index in [0.717, 1.165) is 33.5 Å². The Morgan fingerprint density at radius 3 is 1.69 bits per heavy atom. The van der Waals surface area contributed by atoms with Crippen molar-refractivity contribution in [3.8, 4) is 67.3 Å². The molecule has 10 aromatic rings. The Morgan fingerprint density at radius 2 is 0.902 bits per heavy atom. The lowest BCUT2D eigenvalue weighted by Gasteiger charge is -2.28. The van der Waals surface area contributed by atoms with Gasteiger partial charge in [0, 0.05) is 27.5 Å². The smallest absolute Gasteiger partial charge is 0.160 e. The van der Waals surface area contributed by atoms with E-state index < -0.39 is 0 Å². The molecule has 61 heavy (non-hydrogen) atoms. The second-order valence-electron chi connectivity index (χ2n) is 17.4. The van der Waals surface area contributed by atoms with Crippen molar-refractivity contribution in [2.45, 2.75) is 31.6 Å². The number of hydrogen-bond acceptors (Lipinski definition) is 2. The highest BCUT2D eigenvalue weighted by Crippen LogP contribution is 2.57. The second-order valence-corrected chi connectivity index (χ2v) is 17.4. The van der Waals surface area contributed by atoms with Gasteiger partial charge in [0.1, 0.15) is 0 Å². The minimum absolute atomic E-state index is 0.123. The van der Waals surface area contributed by atoms with Crippen LogP contribution < -0.4 is 0 Å². The number of rotatable bonds is 5. The van der Waals surface area contributed by atoms with Gasteiger partial charge >= 0.3 is 0 Å². The summed E-state index contributed by atoms with van der Waals surface area (Å²) >= 11 is 0. The zero-order valence-electron chi connectivity index (χ0n) is 34.4. The number of fused-ring (bicyclic) bond motifs is 9. The Balaban J connectivity index is 1.08. The van der Waals surface area contributed by atoms with Crippen molar-refractivity contribution < 1.29 is 0 Å². The van der Waals surface area contributed by atoms with Crippen LogP contribution in [0.2, 0.25) is 0 Å². The maximum Gasteiger partial charge on any atom is 0.160 e. The molecule has 2 nitrogen and oxygen atoms in total.